The Morgan fingerprint density at radius 3 is 2.64 bits per heavy atom. The predicted octanol–water partition coefficient (Wildman–Crippen LogP) is 2.23. The Kier molecular flexibility index (Phi) is 3.81. The van der Waals surface area contributed by atoms with E-state index in [1.807, 2.05) is 0 Å². The third kappa shape index (κ3) is 3.22. The summed E-state index contributed by atoms with van der Waals surface area (Å²) in [5.41, 5.74) is 0.125. The molecule has 1 aromatic rings. The van der Waals surface area contributed by atoms with Crippen molar-refractivity contribution in [2.75, 3.05) is 17.2 Å². The predicted molar refractivity (Wildman–Crippen MR) is 57.1 cm³/mol. The lowest BCUT2D eigenvalue weighted by Crippen LogP contribution is -2.03. The summed E-state index contributed by atoms with van der Waals surface area (Å²) in [6, 6.07) is 6.49. The van der Waals surface area contributed by atoms with E-state index in [0.717, 1.165) is 0 Å². The van der Waals surface area contributed by atoms with E-state index in [-0.39, 0.29) is 17.7 Å². The van der Waals surface area contributed by atoms with Crippen LogP contribution in [0.3, 0.4) is 0 Å². The highest BCUT2D eigenvalue weighted by Gasteiger charge is 2.16. The highest BCUT2D eigenvalue weighted by molar-refractivity contribution is 7.59. The van der Waals surface area contributed by atoms with Gasteiger partial charge in [0, 0.05) is 0 Å². The number of hydrogen-bond donors (Lipinski definition) is 3. The zero-order valence-electron chi connectivity index (χ0n) is 7.35. The Bertz CT molecular complexity index is 358. The topological polar surface area (TPSA) is 69.6 Å². The Morgan fingerprint density at radius 2 is 2.07 bits per heavy atom. The van der Waals surface area contributed by atoms with Crippen LogP contribution in [0.25, 0.3) is 0 Å². The number of phenols is 1. The van der Waals surface area contributed by atoms with Gasteiger partial charge in [-0.15, -0.1) is 11.6 Å². The number of benzene rings is 1. The molecule has 0 heterocycles. The van der Waals surface area contributed by atoms with Gasteiger partial charge in [0.25, 0.3) is 0 Å². The van der Waals surface area contributed by atoms with E-state index in [1.54, 1.807) is 18.2 Å². The van der Waals surface area contributed by atoms with E-state index in [9.17, 15) is 9.67 Å². The van der Waals surface area contributed by atoms with Crippen LogP contribution in [-0.4, -0.2) is 21.9 Å². The smallest absolute Gasteiger partial charge is 0.233 e. The summed E-state index contributed by atoms with van der Waals surface area (Å²) in [5, 5.41) is 12.0. The van der Waals surface area contributed by atoms with Crippen molar-refractivity contribution in [1.29, 1.82) is 0 Å². The number of aromatic hydroxyl groups is 1. The van der Waals surface area contributed by atoms with Crippen molar-refractivity contribution in [3.63, 3.8) is 0 Å². The van der Waals surface area contributed by atoms with Crippen molar-refractivity contribution < 1.29 is 14.6 Å². The Morgan fingerprint density at radius 1 is 1.43 bits per heavy atom. The molecule has 6 heteroatoms. The van der Waals surface area contributed by atoms with Crippen molar-refractivity contribution >= 4 is 24.7 Å². The van der Waals surface area contributed by atoms with E-state index in [0.29, 0.717) is 5.69 Å². The first-order valence-corrected chi connectivity index (χ1v) is 6.50. The average Bonchev–Trinajstić information content (AvgIpc) is 2.17. The van der Waals surface area contributed by atoms with Gasteiger partial charge in [-0.25, -0.2) is 0 Å². The summed E-state index contributed by atoms with van der Waals surface area (Å²) in [4.78, 5) is 9.15. The molecule has 0 saturated heterocycles. The van der Waals surface area contributed by atoms with Crippen LogP contribution in [0.4, 0.5) is 5.69 Å². The third-order valence-corrected chi connectivity index (χ3v) is 3.75. The molecule has 0 saturated carbocycles. The van der Waals surface area contributed by atoms with Crippen LogP contribution in [0, 0.1) is 0 Å². The first-order valence-electron chi connectivity index (χ1n) is 3.94. The van der Waals surface area contributed by atoms with Crippen LogP contribution in [0.2, 0.25) is 0 Å². The van der Waals surface area contributed by atoms with E-state index in [2.05, 4.69) is 5.32 Å². The molecule has 0 aliphatic rings. The van der Waals surface area contributed by atoms with Crippen molar-refractivity contribution in [3.8, 4) is 5.75 Å². The molecule has 0 radical (unpaired) electrons. The number of halogens is 1. The second kappa shape index (κ2) is 4.69. The third-order valence-electron chi connectivity index (χ3n) is 1.61. The number of anilines is 1. The summed E-state index contributed by atoms with van der Waals surface area (Å²) in [7, 11) is -3.32. The summed E-state index contributed by atoms with van der Waals surface area (Å²) in [5.74, 6) is 0.0436. The lowest BCUT2D eigenvalue weighted by Gasteiger charge is -2.11. The fourth-order valence-corrected chi connectivity index (χ4v) is 1.63. The van der Waals surface area contributed by atoms with Crippen LogP contribution in [0.15, 0.2) is 24.3 Å². The number of hydrogen-bond acceptors (Lipinski definition) is 3. The molecule has 0 amide bonds. The molecule has 14 heavy (non-hydrogen) atoms. The van der Waals surface area contributed by atoms with Gasteiger partial charge in [0.2, 0.25) is 7.37 Å². The average molecular weight is 236 g/mol. The Balaban J connectivity index is 2.63. The molecule has 0 aliphatic carbocycles. The summed E-state index contributed by atoms with van der Waals surface area (Å²) in [6.07, 6.45) is -0.145. The lowest BCUT2D eigenvalue weighted by atomic mass is 10.3. The van der Waals surface area contributed by atoms with Gasteiger partial charge in [0.1, 0.15) is 11.4 Å². The van der Waals surface area contributed by atoms with Gasteiger partial charge in [0.15, 0.2) is 0 Å². The van der Waals surface area contributed by atoms with E-state index < -0.39 is 7.37 Å². The fraction of sp³-hybridized carbons (Fsp3) is 0.250. The molecular weight excluding hydrogens is 225 g/mol. The van der Waals surface area contributed by atoms with E-state index >= 15 is 0 Å². The largest absolute Gasteiger partial charge is 0.506 e. The quantitative estimate of drug-likeness (QED) is 0.425. The summed E-state index contributed by atoms with van der Waals surface area (Å²) < 4.78 is 11.1. The molecule has 0 bridgehead atoms. The maximum Gasteiger partial charge on any atom is 0.233 e. The molecule has 0 aliphatic heterocycles. The minimum Gasteiger partial charge on any atom is -0.506 e. The van der Waals surface area contributed by atoms with E-state index in [1.165, 1.54) is 6.07 Å². The zero-order chi connectivity index (χ0) is 10.6. The van der Waals surface area contributed by atoms with Gasteiger partial charge in [-0.2, -0.15) is 0 Å². The van der Waals surface area contributed by atoms with Gasteiger partial charge in [-0.05, 0) is 12.1 Å². The van der Waals surface area contributed by atoms with Gasteiger partial charge in [0.05, 0.1) is 12.0 Å². The van der Waals surface area contributed by atoms with Crippen molar-refractivity contribution in [2.24, 2.45) is 0 Å². The standard InChI is InChI=1S/C8H11ClNO3P/c9-5-14(12,13)6-10-7-3-1-2-4-8(7)11/h1-4,10-11H,5-6H2,(H,12,13). The van der Waals surface area contributed by atoms with Crippen LogP contribution in [0.1, 0.15) is 0 Å². The molecule has 4 nitrogen and oxygen atoms in total. The van der Waals surface area contributed by atoms with Gasteiger partial charge >= 0.3 is 0 Å². The number of alkyl halides is 1. The van der Waals surface area contributed by atoms with Crippen molar-refractivity contribution in [3.05, 3.63) is 24.3 Å². The maximum atomic E-state index is 11.1. The van der Waals surface area contributed by atoms with Crippen LogP contribution < -0.4 is 5.32 Å². The molecule has 1 unspecified atom stereocenters. The Labute approximate surface area is 87.0 Å². The van der Waals surface area contributed by atoms with Gasteiger partial charge in [-0.1, -0.05) is 12.1 Å². The monoisotopic (exact) mass is 235 g/mol. The number of rotatable bonds is 4. The second-order valence-corrected chi connectivity index (χ2v) is 5.78. The van der Waals surface area contributed by atoms with Gasteiger partial charge < -0.3 is 15.3 Å². The molecule has 0 aromatic heterocycles. The molecule has 1 atom stereocenters. The summed E-state index contributed by atoms with van der Waals surface area (Å²) >= 11 is 5.28. The highest BCUT2D eigenvalue weighted by Crippen LogP contribution is 2.41. The molecule has 0 fully saturated rings. The summed E-state index contributed by atoms with van der Waals surface area (Å²) in [6.45, 7) is 0. The minimum atomic E-state index is -3.32. The molecule has 1 aromatic carbocycles. The molecular formula is C8H11ClNO3P. The van der Waals surface area contributed by atoms with Gasteiger partial charge in [-0.3, -0.25) is 4.57 Å². The molecule has 1 rings (SSSR count). The molecule has 0 spiro atoms. The maximum absolute atomic E-state index is 11.1. The van der Waals surface area contributed by atoms with Crippen LogP contribution in [-0.2, 0) is 4.57 Å². The van der Waals surface area contributed by atoms with E-state index in [4.69, 9.17) is 16.5 Å². The zero-order valence-corrected chi connectivity index (χ0v) is 9.00. The Hall–Kier alpha value is -0.700. The SMILES string of the molecule is O=P(O)(CCl)CNc1ccccc1O. The molecule has 3 N–H and O–H groups in total. The first kappa shape index (κ1) is 11.4. The number of phenolic OH excluding ortho intramolecular Hbond substituents is 1. The first-order chi connectivity index (χ1) is 6.55. The number of nitrogens with one attached hydrogen (secondary N) is 1. The lowest BCUT2D eigenvalue weighted by molar-refractivity contribution is 0.476. The van der Waals surface area contributed by atoms with Crippen molar-refractivity contribution in [1.82, 2.24) is 0 Å². The van der Waals surface area contributed by atoms with Crippen LogP contribution >= 0.6 is 19.0 Å². The highest BCUT2D eigenvalue weighted by atomic mass is 35.5. The number of para-hydroxylation sites is 2. The van der Waals surface area contributed by atoms with Crippen molar-refractivity contribution in [2.45, 2.75) is 0 Å². The van der Waals surface area contributed by atoms with Crippen LogP contribution in [0.5, 0.6) is 5.75 Å². The normalized spacial score (nSPS) is 14.7. The second-order valence-electron chi connectivity index (χ2n) is 2.82. The fourth-order valence-electron chi connectivity index (χ4n) is 0.874. The minimum absolute atomic E-state index is 0.0436. The molecule has 78 valence electrons.